The van der Waals surface area contributed by atoms with Crippen LogP contribution in [0, 0.1) is 13.8 Å². The highest BCUT2D eigenvalue weighted by Gasteiger charge is 2.09. The first kappa shape index (κ1) is 19.2. The summed E-state index contributed by atoms with van der Waals surface area (Å²) in [4.78, 5) is 23.9. The Balaban J connectivity index is 1.83. The van der Waals surface area contributed by atoms with Crippen LogP contribution < -0.4 is 16.5 Å². The van der Waals surface area contributed by atoms with E-state index < -0.39 is 0 Å². The molecule has 2 rings (SSSR count). The summed E-state index contributed by atoms with van der Waals surface area (Å²) in [6, 6.07) is 13.1. The van der Waals surface area contributed by atoms with E-state index in [0.29, 0.717) is 11.4 Å². The summed E-state index contributed by atoms with van der Waals surface area (Å²) in [5, 5.41) is 6.89. The fraction of sp³-hybridized carbons (Fsp3) is 0.250. The van der Waals surface area contributed by atoms with Crippen molar-refractivity contribution in [2.45, 2.75) is 33.6 Å². The van der Waals surface area contributed by atoms with Crippen molar-refractivity contribution in [1.82, 2.24) is 5.43 Å². The van der Waals surface area contributed by atoms with Gasteiger partial charge in [0, 0.05) is 24.2 Å². The van der Waals surface area contributed by atoms with Gasteiger partial charge in [-0.25, -0.2) is 5.43 Å². The Kier molecular flexibility index (Phi) is 6.49. The molecule has 0 unspecified atom stereocenters. The summed E-state index contributed by atoms with van der Waals surface area (Å²) >= 11 is 0. The average Bonchev–Trinajstić information content (AvgIpc) is 2.61. The van der Waals surface area contributed by atoms with E-state index in [2.05, 4.69) is 15.8 Å². The second-order valence-electron chi connectivity index (χ2n) is 6.22. The number of hydrogen-bond donors (Lipinski definition) is 3. The van der Waals surface area contributed by atoms with E-state index in [1.807, 2.05) is 44.2 Å². The minimum absolute atomic E-state index is 0.0599. The Bertz CT molecular complexity index is 843. The lowest BCUT2D eigenvalue weighted by molar-refractivity contribution is -0.124. The number of amides is 2. The van der Waals surface area contributed by atoms with Crippen molar-refractivity contribution in [2.75, 3.05) is 11.1 Å². The second kappa shape index (κ2) is 8.80. The van der Waals surface area contributed by atoms with E-state index in [9.17, 15) is 9.59 Å². The topological polar surface area (TPSA) is 96.6 Å². The van der Waals surface area contributed by atoms with Gasteiger partial charge in [-0.3, -0.25) is 9.59 Å². The van der Waals surface area contributed by atoms with Gasteiger partial charge in [0.1, 0.15) is 0 Å². The van der Waals surface area contributed by atoms with Gasteiger partial charge < -0.3 is 11.1 Å². The van der Waals surface area contributed by atoms with E-state index in [1.54, 1.807) is 19.1 Å². The third-order valence-corrected chi connectivity index (χ3v) is 3.90. The molecule has 6 nitrogen and oxygen atoms in total. The predicted octanol–water partition coefficient (Wildman–Crippen LogP) is 3.14. The molecule has 2 aromatic carbocycles. The number of nitrogens with two attached hydrogens (primary N) is 1. The molecule has 0 fully saturated rings. The highest BCUT2D eigenvalue weighted by Crippen LogP contribution is 2.16. The molecule has 2 aromatic rings. The summed E-state index contributed by atoms with van der Waals surface area (Å²) in [7, 11) is 0. The molecule has 0 saturated carbocycles. The number of nitrogens with zero attached hydrogens (tertiary/aromatic N) is 1. The van der Waals surface area contributed by atoms with Gasteiger partial charge >= 0.3 is 0 Å². The Hall–Kier alpha value is -3.15. The first-order chi connectivity index (χ1) is 12.3. The zero-order chi connectivity index (χ0) is 19.1. The monoisotopic (exact) mass is 352 g/mol. The highest BCUT2D eigenvalue weighted by molar-refractivity contribution is 6.00. The van der Waals surface area contributed by atoms with E-state index in [4.69, 9.17) is 5.73 Å². The quantitative estimate of drug-likeness (QED) is 0.423. The van der Waals surface area contributed by atoms with Crippen LogP contribution in [0.1, 0.15) is 36.5 Å². The highest BCUT2D eigenvalue weighted by atomic mass is 16.2. The van der Waals surface area contributed by atoms with Crippen LogP contribution in [0.25, 0.3) is 0 Å². The van der Waals surface area contributed by atoms with Crippen molar-refractivity contribution in [3.8, 4) is 0 Å². The molecule has 4 N–H and O–H groups in total. The molecule has 0 saturated heterocycles. The molecular formula is C20H24N4O2. The van der Waals surface area contributed by atoms with Gasteiger partial charge in [0.15, 0.2) is 0 Å². The molecule has 26 heavy (non-hydrogen) atoms. The van der Waals surface area contributed by atoms with Crippen molar-refractivity contribution in [2.24, 2.45) is 5.10 Å². The van der Waals surface area contributed by atoms with Crippen molar-refractivity contribution < 1.29 is 9.59 Å². The number of carbonyl (C=O) groups excluding carboxylic acids is 2. The van der Waals surface area contributed by atoms with Crippen molar-refractivity contribution in [1.29, 1.82) is 0 Å². The molecule has 0 atom stereocenters. The molecule has 2 amide bonds. The van der Waals surface area contributed by atoms with Crippen LogP contribution in [0.15, 0.2) is 47.6 Å². The molecule has 0 heterocycles. The SMILES string of the molecule is CC(=NNC(=O)CCC(=O)Nc1cc(C)ccc1C)c1cccc(N)c1. The van der Waals surface area contributed by atoms with Gasteiger partial charge in [-0.2, -0.15) is 5.10 Å². The van der Waals surface area contributed by atoms with Gasteiger partial charge in [0.25, 0.3) is 0 Å². The predicted molar refractivity (Wildman–Crippen MR) is 105 cm³/mol. The smallest absolute Gasteiger partial charge is 0.240 e. The van der Waals surface area contributed by atoms with Crippen LogP contribution in [0.4, 0.5) is 11.4 Å². The Morgan fingerprint density at radius 1 is 1.04 bits per heavy atom. The summed E-state index contributed by atoms with van der Waals surface area (Å²) < 4.78 is 0. The van der Waals surface area contributed by atoms with Crippen LogP contribution in [-0.4, -0.2) is 17.5 Å². The molecule has 0 aromatic heterocycles. The fourth-order valence-corrected chi connectivity index (χ4v) is 2.34. The maximum Gasteiger partial charge on any atom is 0.240 e. The van der Waals surface area contributed by atoms with Crippen LogP contribution >= 0.6 is 0 Å². The van der Waals surface area contributed by atoms with Gasteiger partial charge in [-0.1, -0.05) is 24.3 Å². The van der Waals surface area contributed by atoms with Gasteiger partial charge in [0.2, 0.25) is 11.8 Å². The summed E-state index contributed by atoms with van der Waals surface area (Å²) in [5.74, 6) is -0.519. The molecule has 0 radical (unpaired) electrons. The number of hydrazone groups is 1. The number of rotatable bonds is 6. The molecule has 0 aliphatic heterocycles. The lowest BCUT2D eigenvalue weighted by Gasteiger charge is -2.09. The first-order valence-electron chi connectivity index (χ1n) is 8.41. The number of benzene rings is 2. The molecule has 6 heteroatoms. The number of aryl methyl sites for hydroxylation is 2. The van der Waals surface area contributed by atoms with Crippen LogP contribution in [-0.2, 0) is 9.59 Å². The third-order valence-electron chi connectivity index (χ3n) is 3.90. The number of nitrogens with one attached hydrogen (secondary N) is 2. The number of carbonyl (C=O) groups is 2. The summed E-state index contributed by atoms with van der Waals surface area (Å²) in [6.45, 7) is 5.67. The molecule has 0 spiro atoms. The van der Waals surface area contributed by atoms with E-state index in [1.165, 1.54) is 0 Å². The third kappa shape index (κ3) is 5.73. The van der Waals surface area contributed by atoms with E-state index in [-0.39, 0.29) is 24.7 Å². The van der Waals surface area contributed by atoms with Gasteiger partial charge in [-0.15, -0.1) is 0 Å². The Morgan fingerprint density at radius 2 is 1.77 bits per heavy atom. The molecule has 0 bridgehead atoms. The molecule has 136 valence electrons. The lowest BCUT2D eigenvalue weighted by Crippen LogP contribution is -2.22. The number of anilines is 2. The number of hydrogen-bond acceptors (Lipinski definition) is 4. The van der Waals surface area contributed by atoms with Gasteiger partial charge in [-0.05, 0) is 55.7 Å². The Labute approximate surface area is 153 Å². The maximum absolute atomic E-state index is 12.0. The van der Waals surface area contributed by atoms with Crippen molar-refractivity contribution in [3.05, 3.63) is 59.2 Å². The van der Waals surface area contributed by atoms with E-state index in [0.717, 1.165) is 22.4 Å². The Morgan fingerprint density at radius 3 is 2.50 bits per heavy atom. The number of nitrogen functional groups attached to an aromatic ring is 1. The maximum atomic E-state index is 12.0. The van der Waals surface area contributed by atoms with E-state index >= 15 is 0 Å². The second-order valence-corrected chi connectivity index (χ2v) is 6.22. The van der Waals surface area contributed by atoms with Crippen LogP contribution in [0.2, 0.25) is 0 Å². The van der Waals surface area contributed by atoms with Crippen molar-refractivity contribution in [3.63, 3.8) is 0 Å². The minimum Gasteiger partial charge on any atom is -0.399 e. The zero-order valence-electron chi connectivity index (χ0n) is 15.3. The minimum atomic E-state index is -0.315. The normalized spacial score (nSPS) is 11.1. The van der Waals surface area contributed by atoms with Gasteiger partial charge in [0.05, 0.1) is 5.71 Å². The fourth-order valence-electron chi connectivity index (χ4n) is 2.34. The molecule has 0 aliphatic carbocycles. The molecular weight excluding hydrogens is 328 g/mol. The van der Waals surface area contributed by atoms with Crippen molar-refractivity contribution >= 4 is 28.9 Å². The largest absolute Gasteiger partial charge is 0.399 e. The van der Waals surface area contributed by atoms with Crippen LogP contribution in [0.5, 0.6) is 0 Å². The lowest BCUT2D eigenvalue weighted by atomic mass is 10.1. The zero-order valence-corrected chi connectivity index (χ0v) is 15.3. The van der Waals surface area contributed by atoms with Crippen LogP contribution in [0.3, 0.4) is 0 Å². The standard InChI is InChI=1S/C20H24N4O2/c1-13-7-8-14(2)18(11-13)22-19(25)9-10-20(26)24-23-15(3)16-5-4-6-17(21)12-16/h4-8,11-12H,9-10,21H2,1-3H3,(H,22,25)(H,24,26). The summed E-state index contributed by atoms with van der Waals surface area (Å²) in [5.41, 5.74) is 13.1. The first-order valence-corrected chi connectivity index (χ1v) is 8.41. The average molecular weight is 352 g/mol. The molecule has 0 aliphatic rings. The summed E-state index contributed by atoms with van der Waals surface area (Å²) in [6.07, 6.45) is 0.149.